The number of unbranched alkanes of at least 4 members (excludes halogenated alkanes) is 6. The third kappa shape index (κ3) is 6.45. The summed E-state index contributed by atoms with van der Waals surface area (Å²) in [6.45, 7) is 4.51. The maximum atomic E-state index is 10.1. The van der Waals surface area contributed by atoms with Gasteiger partial charge in [0.1, 0.15) is 5.75 Å². The van der Waals surface area contributed by atoms with Gasteiger partial charge in [-0.2, -0.15) is 0 Å². The third-order valence-corrected chi connectivity index (χ3v) is 4.19. The van der Waals surface area contributed by atoms with Crippen molar-refractivity contribution in [2.45, 2.75) is 84.0 Å². The number of hydrogen-bond donors (Lipinski definition) is 1. The summed E-state index contributed by atoms with van der Waals surface area (Å²) < 4.78 is 0. The molecule has 0 bridgehead atoms. The predicted molar refractivity (Wildman–Crippen MR) is 88.4 cm³/mol. The molecule has 114 valence electrons. The van der Waals surface area contributed by atoms with Crippen LogP contribution in [0.3, 0.4) is 0 Å². The highest BCUT2D eigenvalue weighted by Gasteiger charge is 2.14. The number of aromatic hydroxyl groups is 1. The Balaban J connectivity index is 2.49. The largest absolute Gasteiger partial charge is 0.508 e. The van der Waals surface area contributed by atoms with Crippen LogP contribution >= 0.6 is 0 Å². The molecule has 20 heavy (non-hydrogen) atoms. The molecule has 1 heteroatoms. The van der Waals surface area contributed by atoms with Gasteiger partial charge in [0.05, 0.1) is 0 Å². The highest BCUT2D eigenvalue weighted by atomic mass is 16.3. The molecule has 0 spiro atoms. The average molecular weight is 276 g/mol. The monoisotopic (exact) mass is 276 g/mol. The molecule has 1 nitrogen and oxygen atoms in total. The van der Waals surface area contributed by atoms with Gasteiger partial charge in [0.15, 0.2) is 0 Å². The second kappa shape index (κ2) is 10.8. The molecule has 1 atom stereocenters. The van der Waals surface area contributed by atoms with Crippen molar-refractivity contribution in [1.29, 1.82) is 0 Å². The third-order valence-electron chi connectivity index (χ3n) is 4.19. The minimum absolute atomic E-state index is 0.488. The molecule has 0 heterocycles. The van der Waals surface area contributed by atoms with Crippen molar-refractivity contribution in [1.82, 2.24) is 0 Å². The zero-order chi connectivity index (χ0) is 14.6. The first-order chi connectivity index (χ1) is 9.79. The molecule has 0 aromatic heterocycles. The van der Waals surface area contributed by atoms with Crippen LogP contribution in [0.5, 0.6) is 5.75 Å². The van der Waals surface area contributed by atoms with Gasteiger partial charge in [0.25, 0.3) is 0 Å². The molecular weight excluding hydrogens is 244 g/mol. The predicted octanol–water partition coefficient (Wildman–Crippen LogP) is 6.42. The lowest BCUT2D eigenvalue weighted by molar-refractivity contribution is 0.440. The van der Waals surface area contributed by atoms with E-state index in [-0.39, 0.29) is 0 Å². The van der Waals surface area contributed by atoms with Gasteiger partial charge in [-0.3, -0.25) is 0 Å². The van der Waals surface area contributed by atoms with E-state index in [1.165, 1.54) is 69.8 Å². The van der Waals surface area contributed by atoms with Crippen molar-refractivity contribution < 1.29 is 5.11 Å². The van der Waals surface area contributed by atoms with E-state index in [0.717, 1.165) is 0 Å². The zero-order valence-electron chi connectivity index (χ0n) is 13.4. The van der Waals surface area contributed by atoms with E-state index >= 15 is 0 Å². The van der Waals surface area contributed by atoms with Gasteiger partial charge in [-0.15, -0.1) is 0 Å². The van der Waals surface area contributed by atoms with Crippen LogP contribution in [0.4, 0.5) is 0 Å². The Morgan fingerprint density at radius 1 is 0.800 bits per heavy atom. The van der Waals surface area contributed by atoms with Crippen LogP contribution in [0.15, 0.2) is 24.3 Å². The van der Waals surface area contributed by atoms with Crippen LogP contribution in [0.1, 0.15) is 89.5 Å². The molecule has 0 amide bonds. The van der Waals surface area contributed by atoms with Crippen molar-refractivity contribution >= 4 is 0 Å². The molecule has 0 saturated carbocycles. The number of hydrogen-bond acceptors (Lipinski definition) is 1. The maximum Gasteiger partial charge on any atom is 0.119 e. The Bertz CT molecular complexity index is 345. The molecule has 0 fully saturated rings. The van der Waals surface area contributed by atoms with E-state index in [1.54, 1.807) is 0 Å². The molecule has 1 aromatic rings. The quantitative estimate of drug-likeness (QED) is 0.462. The number of phenols is 1. The summed E-state index contributed by atoms with van der Waals surface area (Å²) in [7, 11) is 0. The summed E-state index contributed by atoms with van der Waals surface area (Å²) in [5.41, 5.74) is 1.17. The molecule has 1 unspecified atom stereocenters. The fourth-order valence-corrected chi connectivity index (χ4v) is 2.92. The van der Waals surface area contributed by atoms with E-state index < -0.39 is 0 Å². The Labute approximate surface area is 125 Å². The minimum Gasteiger partial charge on any atom is -0.508 e. The van der Waals surface area contributed by atoms with Crippen LogP contribution < -0.4 is 0 Å². The normalized spacial score (nSPS) is 12.5. The maximum absolute atomic E-state index is 10.1. The summed E-state index contributed by atoms with van der Waals surface area (Å²) in [5.74, 6) is 1.03. The van der Waals surface area contributed by atoms with Gasteiger partial charge in [-0.1, -0.05) is 83.4 Å². The van der Waals surface area contributed by atoms with Crippen LogP contribution in [0.25, 0.3) is 0 Å². The highest BCUT2D eigenvalue weighted by Crippen LogP contribution is 2.33. The molecule has 1 N–H and O–H groups in total. The molecule has 0 saturated heterocycles. The lowest BCUT2D eigenvalue weighted by Gasteiger charge is -2.18. The van der Waals surface area contributed by atoms with Gasteiger partial charge >= 0.3 is 0 Å². The van der Waals surface area contributed by atoms with E-state index in [0.29, 0.717) is 11.7 Å². The zero-order valence-corrected chi connectivity index (χ0v) is 13.4. The molecule has 1 aromatic carbocycles. The lowest BCUT2D eigenvalue weighted by atomic mass is 9.88. The van der Waals surface area contributed by atoms with Crippen molar-refractivity contribution in [3.63, 3.8) is 0 Å². The molecule has 1 rings (SSSR count). The van der Waals surface area contributed by atoms with Crippen LogP contribution in [0.2, 0.25) is 0 Å². The topological polar surface area (TPSA) is 20.2 Å². The Hall–Kier alpha value is -0.980. The number of benzene rings is 1. The second-order valence-electron chi connectivity index (χ2n) is 5.95. The van der Waals surface area contributed by atoms with Crippen molar-refractivity contribution in [3.05, 3.63) is 29.8 Å². The number of rotatable bonds is 11. The van der Waals surface area contributed by atoms with Crippen molar-refractivity contribution in [3.8, 4) is 5.75 Å². The van der Waals surface area contributed by atoms with E-state index in [4.69, 9.17) is 0 Å². The Morgan fingerprint density at radius 2 is 1.35 bits per heavy atom. The van der Waals surface area contributed by atoms with Crippen LogP contribution in [-0.2, 0) is 0 Å². The van der Waals surface area contributed by atoms with Crippen LogP contribution in [0, 0.1) is 0 Å². The van der Waals surface area contributed by atoms with Crippen molar-refractivity contribution in [2.24, 2.45) is 0 Å². The standard InChI is InChI=1S/C19H32O/c1-3-5-7-8-10-14-17(13-9-6-4-2)18-15-11-12-16-19(18)20/h11-12,15-17,20H,3-10,13-14H2,1-2H3. The summed E-state index contributed by atoms with van der Waals surface area (Å²) in [6.07, 6.45) is 13.0. The first-order valence-corrected chi connectivity index (χ1v) is 8.57. The van der Waals surface area contributed by atoms with Gasteiger partial charge in [0, 0.05) is 0 Å². The van der Waals surface area contributed by atoms with E-state index in [2.05, 4.69) is 26.0 Å². The van der Waals surface area contributed by atoms with Gasteiger partial charge in [0.2, 0.25) is 0 Å². The summed E-state index contributed by atoms with van der Waals surface area (Å²) in [6, 6.07) is 7.92. The Morgan fingerprint density at radius 3 is 2.00 bits per heavy atom. The number of para-hydroxylation sites is 1. The van der Waals surface area contributed by atoms with Gasteiger partial charge in [-0.05, 0) is 30.4 Å². The molecule has 0 aliphatic rings. The highest BCUT2D eigenvalue weighted by molar-refractivity contribution is 5.34. The summed E-state index contributed by atoms with van der Waals surface area (Å²) in [4.78, 5) is 0. The number of phenolic OH excluding ortho intramolecular Hbond substituents is 1. The first-order valence-electron chi connectivity index (χ1n) is 8.57. The molecule has 0 aliphatic carbocycles. The molecule has 0 aliphatic heterocycles. The fourth-order valence-electron chi connectivity index (χ4n) is 2.92. The van der Waals surface area contributed by atoms with Gasteiger partial charge < -0.3 is 5.11 Å². The minimum atomic E-state index is 0.488. The molecule has 0 radical (unpaired) electrons. The average Bonchev–Trinajstić information content (AvgIpc) is 2.46. The summed E-state index contributed by atoms with van der Waals surface area (Å²) in [5, 5.41) is 10.1. The van der Waals surface area contributed by atoms with Gasteiger partial charge in [-0.25, -0.2) is 0 Å². The fraction of sp³-hybridized carbons (Fsp3) is 0.684. The van der Waals surface area contributed by atoms with Crippen LogP contribution in [-0.4, -0.2) is 5.11 Å². The second-order valence-corrected chi connectivity index (χ2v) is 5.95. The smallest absolute Gasteiger partial charge is 0.119 e. The lowest BCUT2D eigenvalue weighted by Crippen LogP contribution is -2.00. The van der Waals surface area contributed by atoms with E-state index in [9.17, 15) is 5.11 Å². The first kappa shape index (κ1) is 17.1. The Kier molecular flexibility index (Phi) is 9.19. The SMILES string of the molecule is CCCCCCCC(CCCCC)c1ccccc1O. The van der Waals surface area contributed by atoms with E-state index in [1.807, 2.05) is 12.1 Å². The molecular formula is C19H32O. The summed E-state index contributed by atoms with van der Waals surface area (Å²) >= 11 is 0. The van der Waals surface area contributed by atoms with Crippen molar-refractivity contribution in [2.75, 3.05) is 0 Å².